The van der Waals surface area contributed by atoms with Crippen LogP contribution in [0.4, 0.5) is 0 Å². The van der Waals surface area contributed by atoms with Crippen LogP contribution in [0, 0.1) is 0 Å². The summed E-state index contributed by atoms with van der Waals surface area (Å²) in [5.41, 5.74) is 1.20. The highest BCUT2D eigenvalue weighted by atomic mass is 127. The normalized spacial score (nSPS) is 16.4. The molecular formula is C8H12INO. The largest absolute Gasteiger partial charge is 0.319 e. The third-order valence-corrected chi connectivity index (χ3v) is 2.59. The van der Waals surface area contributed by atoms with E-state index in [0.717, 1.165) is 12.8 Å². The number of halogens is 1. The lowest BCUT2D eigenvalue weighted by molar-refractivity contribution is -0.125. The quantitative estimate of drug-likeness (QED) is 0.552. The lowest BCUT2D eigenvalue weighted by Crippen LogP contribution is -2.25. The summed E-state index contributed by atoms with van der Waals surface area (Å²) in [5, 5.41) is 0. The predicted molar refractivity (Wildman–Crippen MR) is 53.6 cm³/mol. The maximum atomic E-state index is 11.2. The number of hydrogen-bond donors (Lipinski definition) is 0. The summed E-state index contributed by atoms with van der Waals surface area (Å²) in [6.45, 7) is 0. The molecule has 0 aromatic carbocycles. The average Bonchev–Trinajstić information content (AvgIpc) is 2.53. The maximum absolute atomic E-state index is 11.2. The van der Waals surface area contributed by atoms with Gasteiger partial charge in [0, 0.05) is 12.7 Å². The van der Waals surface area contributed by atoms with Crippen LogP contribution in [-0.2, 0) is 4.79 Å². The molecule has 62 valence electrons. The predicted octanol–water partition coefficient (Wildman–Crippen LogP) is 1.95. The highest BCUT2D eigenvalue weighted by molar-refractivity contribution is 14.1. The van der Waals surface area contributed by atoms with Crippen LogP contribution in [0.25, 0.3) is 0 Å². The number of alkyl halides is 1. The van der Waals surface area contributed by atoms with Crippen LogP contribution in [-0.4, -0.2) is 22.3 Å². The van der Waals surface area contributed by atoms with E-state index in [1.54, 1.807) is 4.90 Å². The van der Waals surface area contributed by atoms with Crippen molar-refractivity contribution in [2.24, 2.45) is 0 Å². The maximum Gasteiger partial charge on any atom is 0.236 e. The van der Waals surface area contributed by atoms with Gasteiger partial charge < -0.3 is 4.90 Å². The molecule has 0 spiro atoms. The molecular weight excluding hydrogens is 253 g/mol. The molecule has 1 aliphatic rings. The molecule has 0 aromatic heterocycles. The number of hydrogen-bond acceptors (Lipinski definition) is 1. The minimum absolute atomic E-state index is 0.207. The van der Waals surface area contributed by atoms with E-state index in [4.69, 9.17) is 0 Å². The van der Waals surface area contributed by atoms with E-state index < -0.39 is 0 Å². The fourth-order valence-electron chi connectivity index (χ4n) is 1.21. The van der Waals surface area contributed by atoms with Gasteiger partial charge in [0.1, 0.15) is 0 Å². The van der Waals surface area contributed by atoms with Gasteiger partial charge in [0.25, 0.3) is 0 Å². The minimum atomic E-state index is 0.207. The molecule has 0 aromatic rings. The monoisotopic (exact) mass is 265 g/mol. The van der Waals surface area contributed by atoms with Crippen LogP contribution in [0.5, 0.6) is 0 Å². The van der Waals surface area contributed by atoms with E-state index in [-0.39, 0.29) is 5.91 Å². The standard InChI is InChI=1S/C8H12INO/c1-10(8(11)6-9)7-4-2-3-5-7/h4H,2-3,5-6H2,1H3. The zero-order chi connectivity index (χ0) is 8.27. The molecule has 0 unspecified atom stereocenters. The first kappa shape index (κ1) is 9.03. The summed E-state index contributed by atoms with van der Waals surface area (Å²) < 4.78 is 0.575. The van der Waals surface area contributed by atoms with Crippen LogP contribution in [0.15, 0.2) is 11.8 Å². The molecule has 0 aliphatic heterocycles. The van der Waals surface area contributed by atoms with Gasteiger partial charge in [-0.15, -0.1) is 0 Å². The van der Waals surface area contributed by atoms with Gasteiger partial charge in [-0.2, -0.15) is 0 Å². The molecule has 2 nitrogen and oxygen atoms in total. The van der Waals surface area contributed by atoms with Gasteiger partial charge in [0.05, 0.1) is 4.43 Å². The van der Waals surface area contributed by atoms with E-state index in [1.165, 1.54) is 12.1 Å². The van der Waals surface area contributed by atoms with E-state index in [9.17, 15) is 4.79 Å². The molecule has 0 heterocycles. The average molecular weight is 265 g/mol. The van der Waals surface area contributed by atoms with Gasteiger partial charge in [-0.05, 0) is 19.3 Å². The Hall–Kier alpha value is -0.0600. The molecule has 11 heavy (non-hydrogen) atoms. The van der Waals surface area contributed by atoms with Gasteiger partial charge in [0.2, 0.25) is 5.91 Å². The molecule has 0 saturated heterocycles. The fraction of sp³-hybridized carbons (Fsp3) is 0.625. The summed E-state index contributed by atoms with van der Waals surface area (Å²) in [6.07, 6.45) is 5.56. The van der Waals surface area contributed by atoms with Crippen molar-refractivity contribution >= 4 is 28.5 Å². The molecule has 0 saturated carbocycles. The third kappa shape index (κ3) is 2.18. The topological polar surface area (TPSA) is 20.3 Å². The van der Waals surface area contributed by atoms with Gasteiger partial charge in [-0.1, -0.05) is 28.7 Å². The van der Waals surface area contributed by atoms with Crippen molar-refractivity contribution in [1.29, 1.82) is 0 Å². The Bertz CT molecular complexity index is 189. The smallest absolute Gasteiger partial charge is 0.236 e. The summed E-state index contributed by atoms with van der Waals surface area (Å²) in [5.74, 6) is 0.207. The second kappa shape index (κ2) is 4.09. The van der Waals surface area contributed by atoms with Crippen LogP contribution in [0.1, 0.15) is 19.3 Å². The van der Waals surface area contributed by atoms with Crippen LogP contribution in [0.3, 0.4) is 0 Å². The van der Waals surface area contributed by atoms with Gasteiger partial charge in [0.15, 0.2) is 0 Å². The summed E-state index contributed by atoms with van der Waals surface area (Å²) in [6, 6.07) is 0. The summed E-state index contributed by atoms with van der Waals surface area (Å²) in [7, 11) is 1.86. The highest BCUT2D eigenvalue weighted by Gasteiger charge is 2.13. The van der Waals surface area contributed by atoms with Crippen LogP contribution in [0.2, 0.25) is 0 Å². The summed E-state index contributed by atoms with van der Waals surface area (Å²) >= 11 is 2.10. The third-order valence-electron chi connectivity index (χ3n) is 1.94. The first-order valence-corrected chi connectivity index (χ1v) is 5.30. The van der Waals surface area contributed by atoms with Gasteiger partial charge in [-0.3, -0.25) is 4.79 Å². The molecule has 0 N–H and O–H groups in total. The van der Waals surface area contributed by atoms with Crippen LogP contribution < -0.4 is 0 Å². The first-order valence-electron chi connectivity index (χ1n) is 3.77. The zero-order valence-electron chi connectivity index (χ0n) is 6.64. The van der Waals surface area contributed by atoms with E-state index in [1.807, 2.05) is 7.05 Å². The molecule has 1 rings (SSSR count). The molecule has 0 fully saturated rings. The molecule has 3 heteroatoms. The molecule has 1 aliphatic carbocycles. The number of nitrogens with zero attached hydrogens (tertiary/aromatic N) is 1. The first-order chi connectivity index (χ1) is 5.25. The molecule has 0 atom stereocenters. The molecule has 1 amide bonds. The zero-order valence-corrected chi connectivity index (χ0v) is 8.80. The number of allylic oxidation sites excluding steroid dienone is 2. The molecule has 0 bridgehead atoms. The second-order valence-corrected chi connectivity index (χ2v) is 3.44. The lowest BCUT2D eigenvalue weighted by atomic mass is 10.3. The van der Waals surface area contributed by atoms with E-state index in [0.29, 0.717) is 4.43 Å². The Morgan fingerprint density at radius 3 is 3.00 bits per heavy atom. The minimum Gasteiger partial charge on any atom is -0.319 e. The van der Waals surface area contributed by atoms with Crippen molar-refractivity contribution in [1.82, 2.24) is 4.90 Å². The summed E-state index contributed by atoms with van der Waals surface area (Å²) in [4.78, 5) is 13.0. The lowest BCUT2D eigenvalue weighted by Gasteiger charge is -2.16. The Labute approximate surface area is 80.8 Å². The van der Waals surface area contributed by atoms with Crippen molar-refractivity contribution in [3.8, 4) is 0 Å². The second-order valence-electron chi connectivity index (χ2n) is 2.67. The highest BCUT2D eigenvalue weighted by Crippen LogP contribution is 2.20. The van der Waals surface area contributed by atoms with Gasteiger partial charge >= 0.3 is 0 Å². The number of carbonyl (C=O) groups is 1. The number of carbonyl (C=O) groups excluding carboxylic acids is 1. The molecule has 0 radical (unpaired) electrons. The van der Waals surface area contributed by atoms with Crippen molar-refractivity contribution in [2.75, 3.05) is 11.5 Å². The van der Waals surface area contributed by atoms with E-state index >= 15 is 0 Å². The van der Waals surface area contributed by atoms with E-state index in [2.05, 4.69) is 28.7 Å². The Balaban J connectivity index is 2.52. The van der Waals surface area contributed by atoms with Crippen LogP contribution >= 0.6 is 22.6 Å². The number of amides is 1. The van der Waals surface area contributed by atoms with Gasteiger partial charge in [-0.25, -0.2) is 0 Å². The SMILES string of the molecule is CN(C(=O)CI)C1=CCCC1. The van der Waals surface area contributed by atoms with Crippen molar-refractivity contribution < 1.29 is 4.79 Å². The van der Waals surface area contributed by atoms with Crippen molar-refractivity contribution in [3.63, 3.8) is 0 Å². The van der Waals surface area contributed by atoms with Crippen molar-refractivity contribution in [2.45, 2.75) is 19.3 Å². The van der Waals surface area contributed by atoms with Crippen molar-refractivity contribution in [3.05, 3.63) is 11.8 Å². The fourth-order valence-corrected chi connectivity index (χ4v) is 1.72. The Kier molecular flexibility index (Phi) is 3.36. The Morgan fingerprint density at radius 2 is 2.55 bits per heavy atom. The Morgan fingerprint density at radius 1 is 1.82 bits per heavy atom. The number of rotatable bonds is 2.